The second-order valence-electron chi connectivity index (χ2n) is 0.956. The number of nitrogens with two attached hydrogens (primary N) is 1. The van der Waals surface area contributed by atoms with E-state index in [9.17, 15) is 9.90 Å². The zero-order chi connectivity index (χ0) is 5.86. The first-order valence-corrected chi connectivity index (χ1v) is 1.67. The Kier molecular flexibility index (Phi) is 2.01. The quantitative estimate of drug-likeness (QED) is 0.342. The lowest BCUT2D eigenvalue weighted by atomic mass is 10.4. The molecule has 3 N–H and O–H groups in total. The maximum Gasteiger partial charge on any atom is 0.307 e. The third-order valence-corrected chi connectivity index (χ3v) is 0.439. The van der Waals surface area contributed by atoms with E-state index in [4.69, 9.17) is 5.41 Å². The summed E-state index contributed by atoms with van der Waals surface area (Å²) in [6, 6.07) is 0. The molecule has 0 unspecified atom stereocenters. The summed E-state index contributed by atoms with van der Waals surface area (Å²) in [6.07, 6.45) is 0. The first kappa shape index (κ1) is 6.10. The van der Waals surface area contributed by atoms with Crippen LogP contribution in [-0.2, 0) is 9.90 Å². The van der Waals surface area contributed by atoms with Crippen LogP contribution in [0.3, 0.4) is 0 Å². The van der Waals surface area contributed by atoms with Crippen molar-refractivity contribution in [3.05, 3.63) is 0 Å². The van der Waals surface area contributed by atoms with E-state index >= 15 is 0 Å². The molecule has 4 heteroatoms. The number of rotatable bonds is 2. The van der Waals surface area contributed by atoms with Crippen LogP contribution in [0.1, 0.15) is 0 Å². The molecule has 0 aromatic carbocycles. The molecule has 0 saturated carbocycles. The highest BCUT2D eigenvalue weighted by Gasteiger charge is 2.03. The second-order valence-corrected chi connectivity index (χ2v) is 0.956. The van der Waals surface area contributed by atoms with Gasteiger partial charge in [0, 0.05) is 0 Å². The fraction of sp³-hybridized carbons (Fsp3) is 0.333. The highest BCUT2D eigenvalue weighted by molar-refractivity contribution is 6.34. The minimum absolute atomic E-state index is 0.359. The van der Waals surface area contributed by atoms with Crippen molar-refractivity contribution in [2.75, 3.05) is 6.54 Å². The van der Waals surface area contributed by atoms with E-state index in [2.05, 4.69) is 5.73 Å². The molecule has 7 heavy (non-hydrogen) atoms. The van der Waals surface area contributed by atoms with Crippen molar-refractivity contribution in [1.82, 2.24) is 0 Å². The van der Waals surface area contributed by atoms with Gasteiger partial charge in [-0.1, -0.05) is 0 Å². The Hall–Kier alpha value is -0.900. The molecule has 0 amide bonds. The lowest BCUT2D eigenvalue weighted by molar-refractivity contribution is -0.113. The van der Waals surface area contributed by atoms with Gasteiger partial charge in [-0.2, -0.15) is 0 Å². The fourth-order valence-corrected chi connectivity index (χ4v) is 0.0927. The number of carbonyl (C=O) groups excluding carboxylic acids is 1. The van der Waals surface area contributed by atoms with Crippen LogP contribution in [0, 0.1) is 5.41 Å². The second kappa shape index (κ2) is 2.30. The number of hydrogen-bond acceptors (Lipinski definition) is 3. The molecule has 0 spiro atoms. The van der Waals surface area contributed by atoms with Gasteiger partial charge in [0.2, 0.25) is 5.78 Å². The summed E-state index contributed by atoms with van der Waals surface area (Å²) in [5, 5.41) is 15.7. The minimum Gasteiger partial charge on any atom is -0.324 e. The molecule has 0 heterocycles. The van der Waals surface area contributed by atoms with Gasteiger partial charge in [-0.3, -0.25) is 15.3 Å². The largest absolute Gasteiger partial charge is 0.324 e. The van der Waals surface area contributed by atoms with Gasteiger partial charge >= 0.3 is 5.90 Å². The van der Waals surface area contributed by atoms with Gasteiger partial charge in [-0.05, 0) is 0 Å². The maximum absolute atomic E-state index is 9.85. The van der Waals surface area contributed by atoms with Gasteiger partial charge in [-0.15, -0.1) is 0 Å². The average Bonchev–Trinajstić information content (AvgIpc) is 1.65. The van der Waals surface area contributed by atoms with Crippen molar-refractivity contribution < 1.29 is 9.90 Å². The van der Waals surface area contributed by atoms with Crippen molar-refractivity contribution in [3.63, 3.8) is 0 Å². The van der Waals surface area contributed by atoms with Crippen molar-refractivity contribution in [1.29, 1.82) is 5.41 Å². The number of ketones is 1. The normalized spacial score (nSPS) is 8.14. The topological polar surface area (TPSA) is 86.8 Å². The van der Waals surface area contributed by atoms with Gasteiger partial charge in [0.1, 0.15) is 0 Å². The number of nitrogens with one attached hydrogen (secondary N) is 1. The van der Waals surface area contributed by atoms with Gasteiger partial charge in [0.25, 0.3) is 0 Å². The van der Waals surface area contributed by atoms with E-state index in [1.165, 1.54) is 0 Å². The predicted molar refractivity (Wildman–Crippen MR) is 22.5 cm³/mol. The van der Waals surface area contributed by atoms with E-state index in [1.54, 1.807) is 0 Å². The van der Waals surface area contributed by atoms with E-state index in [0.717, 1.165) is 0 Å². The molecule has 0 fully saturated rings. The highest BCUT2D eigenvalue weighted by atomic mass is 16.3. The molecule has 4 nitrogen and oxygen atoms in total. The standard InChI is InChI=1S/C3H5N2O2/c4-1-2(6)3(5)7/h5H,1,4H2. The highest BCUT2D eigenvalue weighted by Crippen LogP contribution is 1.65. The minimum atomic E-state index is -1.22. The summed E-state index contributed by atoms with van der Waals surface area (Å²) in [4.78, 5) is 9.85. The average molecular weight is 101 g/mol. The molecule has 0 aliphatic carbocycles. The van der Waals surface area contributed by atoms with Gasteiger partial charge in [-0.25, -0.2) is 0 Å². The van der Waals surface area contributed by atoms with E-state index in [1.807, 2.05) is 0 Å². The van der Waals surface area contributed by atoms with Crippen molar-refractivity contribution in [2.45, 2.75) is 0 Å². The number of hydrogen-bond donors (Lipinski definition) is 2. The molecular formula is C3H5N2O2. The Morgan fingerprint density at radius 3 is 2.14 bits per heavy atom. The van der Waals surface area contributed by atoms with E-state index in [-0.39, 0.29) is 6.54 Å². The van der Waals surface area contributed by atoms with Crippen LogP contribution in [0.15, 0.2) is 0 Å². The van der Waals surface area contributed by atoms with Crippen molar-refractivity contribution in [3.8, 4) is 0 Å². The van der Waals surface area contributed by atoms with Gasteiger partial charge < -0.3 is 5.73 Å². The Balaban J connectivity index is 3.58. The number of Topliss-reactive ketones (excluding diaryl/α,β-unsaturated/α-hetero) is 1. The first-order valence-electron chi connectivity index (χ1n) is 1.67. The van der Waals surface area contributed by atoms with Crippen molar-refractivity contribution >= 4 is 11.7 Å². The lowest BCUT2D eigenvalue weighted by Crippen LogP contribution is -2.20. The summed E-state index contributed by atoms with van der Waals surface area (Å²) in [5.74, 6) is -2.07. The molecule has 1 radical (unpaired) electrons. The SMILES string of the molecule is N=C([O])C(=O)CN. The Morgan fingerprint density at radius 1 is 1.71 bits per heavy atom. The molecular weight excluding hydrogens is 96.0 g/mol. The zero-order valence-corrected chi connectivity index (χ0v) is 3.60. The third kappa shape index (κ3) is 1.88. The smallest absolute Gasteiger partial charge is 0.307 e. The Morgan fingerprint density at radius 2 is 2.14 bits per heavy atom. The molecule has 39 valence electrons. The van der Waals surface area contributed by atoms with Crippen LogP contribution in [-0.4, -0.2) is 18.2 Å². The van der Waals surface area contributed by atoms with Crippen molar-refractivity contribution in [2.24, 2.45) is 5.73 Å². The van der Waals surface area contributed by atoms with Crippen LogP contribution in [0.2, 0.25) is 0 Å². The van der Waals surface area contributed by atoms with Crippen LogP contribution < -0.4 is 5.73 Å². The number of carbonyl (C=O) groups is 1. The molecule has 0 aliphatic heterocycles. The van der Waals surface area contributed by atoms with E-state index in [0.29, 0.717) is 0 Å². The zero-order valence-electron chi connectivity index (χ0n) is 3.60. The summed E-state index contributed by atoms with van der Waals surface area (Å²) in [6.45, 7) is -0.359. The Bertz CT molecular complexity index is 99.1. The molecule has 0 aromatic heterocycles. The van der Waals surface area contributed by atoms with Gasteiger partial charge in [0.05, 0.1) is 6.54 Å². The summed E-state index contributed by atoms with van der Waals surface area (Å²) in [5.41, 5.74) is 4.68. The van der Waals surface area contributed by atoms with Crippen LogP contribution in [0.5, 0.6) is 0 Å². The van der Waals surface area contributed by atoms with Crippen LogP contribution in [0.25, 0.3) is 0 Å². The molecule has 0 aliphatic rings. The molecule has 0 atom stereocenters. The van der Waals surface area contributed by atoms with Crippen LogP contribution >= 0.6 is 0 Å². The summed E-state index contributed by atoms with van der Waals surface area (Å²) >= 11 is 0. The summed E-state index contributed by atoms with van der Waals surface area (Å²) < 4.78 is 0. The monoisotopic (exact) mass is 101 g/mol. The first-order chi connectivity index (χ1) is 3.18. The molecule has 0 aromatic rings. The Labute approximate surface area is 40.5 Å². The molecule has 0 rings (SSSR count). The predicted octanol–water partition coefficient (Wildman–Crippen LogP) is -1.08. The molecule has 0 saturated heterocycles. The molecule has 0 bridgehead atoms. The van der Waals surface area contributed by atoms with E-state index < -0.39 is 11.7 Å². The summed E-state index contributed by atoms with van der Waals surface area (Å²) in [7, 11) is 0. The fourth-order valence-electron chi connectivity index (χ4n) is 0.0927. The lowest BCUT2D eigenvalue weighted by Gasteiger charge is -1.81. The third-order valence-electron chi connectivity index (χ3n) is 0.439. The maximum atomic E-state index is 9.85. The van der Waals surface area contributed by atoms with Crippen LogP contribution in [0.4, 0.5) is 0 Å². The van der Waals surface area contributed by atoms with Gasteiger partial charge in [0.15, 0.2) is 0 Å².